The summed E-state index contributed by atoms with van der Waals surface area (Å²) in [5.41, 5.74) is 0.624. The van der Waals surface area contributed by atoms with Gasteiger partial charge in [-0.1, -0.05) is 38.4 Å². The van der Waals surface area contributed by atoms with E-state index in [2.05, 4.69) is 38.4 Å². The predicted octanol–water partition coefficient (Wildman–Crippen LogP) is 3.58. The fourth-order valence-corrected chi connectivity index (χ4v) is 1.60. The highest BCUT2D eigenvalue weighted by Crippen LogP contribution is 2.21. The SMILES string of the molecule is C=CC(=O)c1cc(Br)ccc1Br. The van der Waals surface area contributed by atoms with Gasteiger partial charge in [-0.05, 0) is 24.3 Å². The summed E-state index contributed by atoms with van der Waals surface area (Å²) in [4.78, 5) is 11.2. The van der Waals surface area contributed by atoms with Crippen LogP contribution in [0.5, 0.6) is 0 Å². The van der Waals surface area contributed by atoms with Crippen LogP contribution < -0.4 is 0 Å². The molecular formula is C9H6Br2O. The lowest BCUT2D eigenvalue weighted by molar-refractivity contribution is 0.104. The molecule has 0 heterocycles. The molecule has 0 bridgehead atoms. The van der Waals surface area contributed by atoms with Gasteiger partial charge in [0.1, 0.15) is 0 Å². The summed E-state index contributed by atoms with van der Waals surface area (Å²) >= 11 is 6.57. The van der Waals surface area contributed by atoms with Gasteiger partial charge in [0.15, 0.2) is 5.78 Å². The van der Waals surface area contributed by atoms with Gasteiger partial charge >= 0.3 is 0 Å². The minimum absolute atomic E-state index is 0.0804. The minimum Gasteiger partial charge on any atom is -0.289 e. The molecule has 1 aromatic rings. The molecule has 0 aromatic heterocycles. The van der Waals surface area contributed by atoms with Gasteiger partial charge in [-0.25, -0.2) is 0 Å². The molecule has 0 amide bonds. The molecule has 0 N–H and O–H groups in total. The molecule has 1 nitrogen and oxygen atoms in total. The van der Waals surface area contributed by atoms with E-state index in [4.69, 9.17) is 0 Å². The molecule has 0 radical (unpaired) electrons. The molecule has 0 spiro atoms. The maximum atomic E-state index is 11.2. The summed E-state index contributed by atoms with van der Waals surface area (Å²) in [6.45, 7) is 3.42. The Morgan fingerprint density at radius 2 is 2.08 bits per heavy atom. The van der Waals surface area contributed by atoms with E-state index in [-0.39, 0.29) is 5.78 Å². The van der Waals surface area contributed by atoms with Gasteiger partial charge in [-0.2, -0.15) is 0 Å². The van der Waals surface area contributed by atoms with Crippen LogP contribution in [0.4, 0.5) is 0 Å². The first-order valence-electron chi connectivity index (χ1n) is 3.27. The average molecular weight is 290 g/mol. The van der Waals surface area contributed by atoms with Crippen molar-refractivity contribution < 1.29 is 4.79 Å². The third-order valence-electron chi connectivity index (χ3n) is 1.38. The third kappa shape index (κ3) is 2.05. The van der Waals surface area contributed by atoms with Crippen molar-refractivity contribution >= 4 is 37.6 Å². The fourth-order valence-electron chi connectivity index (χ4n) is 0.796. The molecule has 12 heavy (non-hydrogen) atoms. The Bertz CT molecular complexity index is 331. The van der Waals surface area contributed by atoms with Gasteiger partial charge < -0.3 is 0 Å². The van der Waals surface area contributed by atoms with E-state index >= 15 is 0 Å². The van der Waals surface area contributed by atoms with Gasteiger partial charge in [-0.15, -0.1) is 0 Å². The molecular weight excluding hydrogens is 284 g/mol. The van der Waals surface area contributed by atoms with Gasteiger partial charge in [0, 0.05) is 14.5 Å². The lowest BCUT2D eigenvalue weighted by atomic mass is 10.1. The second-order valence-electron chi connectivity index (χ2n) is 2.19. The summed E-state index contributed by atoms with van der Waals surface area (Å²) in [5, 5.41) is 0. The first-order valence-corrected chi connectivity index (χ1v) is 4.85. The molecule has 0 unspecified atom stereocenters. The second-order valence-corrected chi connectivity index (χ2v) is 3.96. The summed E-state index contributed by atoms with van der Waals surface area (Å²) in [5.74, 6) is -0.0804. The van der Waals surface area contributed by atoms with E-state index in [1.165, 1.54) is 6.08 Å². The molecule has 0 fully saturated rings. The van der Waals surface area contributed by atoms with Crippen LogP contribution in [0.2, 0.25) is 0 Å². The standard InChI is InChI=1S/C9H6Br2O/c1-2-9(12)7-5-6(10)3-4-8(7)11/h2-5H,1H2. The first-order chi connectivity index (χ1) is 5.65. The zero-order valence-corrected chi connectivity index (χ0v) is 9.35. The summed E-state index contributed by atoms with van der Waals surface area (Å²) in [6.07, 6.45) is 1.30. The Hall–Kier alpha value is -0.410. The van der Waals surface area contributed by atoms with Gasteiger partial charge in [0.25, 0.3) is 0 Å². The highest BCUT2D eigenvalue weighted by Gasteiger charge is 2.05. The summed E-state index contributed by atoms with van der Waals surface area (Å²) in [7, 11) is 0. The van der Waals surface area contributed by atoms with Crippen molar-refractivity contribution in [2.75, 3.05) is 0 Å². The maximum Gasteiger partial charge on any atom is 0.186 e. The lowest BCUT2D eigenvalue weighted by Gasteiger charge is -1.99. The Balaban J connectivity index is 3.22. The molecule has 1 aromatic carbocycles. The Morgan fingerprint density at radius 1 is 1.42 bits per heavy atom. The minimum atomic E-state index is -0.0804. The van der Waals surface area contributed by atoms with Crippen LogP contribution in [0.15, 0.2) is 39.8 Å². The van der Waals surface area contributed by atoms with E-state index in [0.29, 0.717) is 5.56 Å². The van der Waals surface area contributed by atoms with Crippen LogP contribution in [0.1, 0.15) is 10.4 Å². The first kappa shape index (κ1) is 9.68. The van der Waals surface area contributed by atoms with Crippen LogP contribution in [-0.4, -0.2) is 5.78 Å². The molecule has 0 aliphatic rings. The zero-order valence-electron chi connectivity index (χ0n) is 6.18. The monoisotopic (exact) mass is 288 g/mol. The predicted molar refractivity (Wildman–Crippen MR) is 56.4 cm³/mol. The molecule has 0 atom stereocenters. The third-order valence-corrected chi connectivity index (χ3v) is 2.56. The van der Waals surface area contributed by atoms with E-state index in [1.54, 1.807) is 6.07 Å². The number of halogens is 2. The quantitative estimate of drug-likeness (QED) is 0.601. The van der Waals surface area contributed by atoms with Crippen molar-refractivity contribution in [3.63, 3.8) is 0 Å². The largest absolute Gasteiger partial charge is 0.289 e. The number of rotatable bonds is 2. The van der Waals surface area contributed by atoms with Gasteiger partial charge in [0.05, 0.1) is 0 Å². The molecule has 0 aliphatic heterocycles. The van der Waals surface area contributed by atoms with Crippen molar-refractivity contribution in [2.24, 2.45) is 0 Å². The molecule has 62 valence electrons. The van der Waals surface area contributed by atoms with E-state index < -0.39 is 0 Å². The topological polar surface area (TPSA) is 17.1 Å². The molecule has 3 heteroatoms. The number of ketones is 1. The summed E-state index contributed by atoms with van der Waals surface area (Å²) in [6, 6.07) is 5.44. The van der Waals surface area contributed by atoms with Crippen LogP contribution in [-0.2, 0) is 0 Å². The number of carbonyl (C=O) groups excluding carboxylic acids is 1. The van der Waals surface area contributed by atoms with Crippen molar-refractivity contribution in [2.45, 2.75) is 0 Å². The van der Waals surface area contributed by atoms with E-state index in [1.807, 2.05) is 12.1 Å². The smallest absolute Gasteiger partial charge is 0.186 e. The van der Waals surface area contributed by atoms with Crippen molar-refractivity contribution in [1.29, 1.82) is 0 Å². The van der Waals surface area contributed by atoms with Crippen LogP contribution in [0, 0.1) is 0 Å². The Labute approximate surface area is 87.7 Å². The Morgan fingerprint density at radius 3 is 2.67 bits per heavy atom. The maximum absolute atomic E-state index is 11.2. The molecule has 1 rings (SSSR count). The summed E-state index contributed by atoms with van der Waals surface area (Å²) < 4.78 is 1.67. The van der Waals surface area contributed by atoms with Gasteiger partial charge in [0.2, 0.25) is 0 Å². The van der Waals surface area contributed by atoms with Crippen LogP contribution in [0.3, 0.4) is 0 Å². The van der Waals surface area contributed by atoms with Crippen molar-refractivity contribution in [3.05, 3.63) is 45.4 Å². The lowest BCUT2D eigenvalue weighted by Crippen LogP contribution is -1.94. The number of allylic oxidation sites excluding steroid dienone is 1. The number of hydrogen-bond acceptors (Lipinski definition) is 1. The van der Waals surface area contributed by atoms with Crippen molar-refractivity contribution in [1.82, 2.24) is 0 Å². The highest BCUT2D eigenvalue weighted by molar-refractivity contribution is 9.11. The number of carbonyl (C=O) groups is 1. The number of benzene rings is 1. The molecule has 0 saturated carbocycles. The molecule has 0 saturated heterocycles. The van der Waals surface area contributed by atoms with Crippen LogP contribution >= 0.6 is 31.9 Å². The Kier molecular flexibility index (Phi) is 3.23. The van der Waals surface area contributed by atoms with Gasteiger partial charge in [-0.3, -0.25) is 4.79 Å². The second kappa shape index (κ2) is 4.01. The number of hydrogen-bond donors (Lipinski definition) is 0. The fraction of sp³-hybridized carbons (Fsp3) is 0. The van der Waals surface area contributed by atoms with E-state index in [9.17, 15) is 4.79 Å². The average Bonchev–Trinajstić information content (AvgIpc) is 2.08. The highest BCUT2D eigenvalue weighted by atomic mass is 79.9. The zero-order chi connectivity index (χ0) is 9.14. The van der Waals surface area contributed by atoms with Crippen LogP contribution in [0.25, 0.3) is 0 Å². The molecule has 0 aliphatic carbocycles. The van der Waals surface area contributed by atoms with E-state index in [0.717, 1.165) is 8.95 Å². The normalized spacial score (nSPS) is 9.50. The van der Waals surface area contributed by atoms with Crippen molar-refractivity contribution in [3.8, 4) is 0 Å².